The number of hydrogen-bond donors (Lipinski definition) is 1. The molecule has 0 spiro atoms. The molecule has 0 aliphatic carbocycles. The number of phenolic OH excluding ortho intramolecular Hbond substituents is 1. The lowest BCUT2D eigenvalue weighted by molar-refractivity contribution is -0.386. The van der Waals surface area contributed by atoms with Gasteiger partial charge in [0.25, 0.3) is 0 Å². The number of rotatable bonds is 6. The molecule has 1 saturated heterocycles. The molecule has 3 atom stereocenters. The van der Waals surface area contributed by atoms with E-state index in [1.807, 2.05) is 18.2 Å². The monoisotopic (exact) mass is 414 g/mol. The number of aliphatic imine (C=N–C) groups is 1. The molecular weight excluding hydrogens is 392 g/mol. The highest BCUT2D eigenvalue weighted by atomic mass is 32.2. The summed E-state index contributed by atoms with van der Waals surface area (Å²) < 4.78 is 5.50. The molecule has 0 amide bonds. The molecule has 0 radical (unpaired) electrons. The van der Waals surface area contributed by atoms with Gasteiger partial charge in [-0.15, -0.1) is 0 Å². The van der Waals surface area contributed by atoms with Gasteiger partial charge in [-0.25, -0.2) is 0 Å². The standard InChI is InChI=1S/C20H22N4O4S/c1-3-13-11-29-20-22-17(14-7-5-6-8-21-14)18(23(13)20)12-9-15(24(26)27)19(25)16(10-12)28-4-2/h5-10,13,17-18,25H,3-4,11H2,1-2H3/t13-,17+,18+/m0/s1. The number of fused-ring (bicyclic) bond motifs is 1. The van der Waals surface area contributed by atoms with Crippen LogP contribution in [0.15, 0.2) is 41.5 Å². The summed E-state index contributed by atoms with van der Waals surface area (Å²) in [6.07, 6.45) is 2.67. The minimum Gasteiger partial charge on any atom is -0.500 e. The predicted octanol–water partition coefficient (Wildman–Crippen LogP) is 4.07. The number of nitro groups is 1. The number of nitrogens with zero attached hydrogens (tertiary/aromatic N) is 4. The summed E-state index contributed by atoms with van der Waals surface area (Å²) in [5.74, 6) is 0.598. The van der Waals surface area contributed by atoms with Crippen molar-refractivity contribution in [1.29, 1.82) is 0 Å². The van der Waals surface area contributed by atoms with E-state index in [0.717, 1.165) is 23.0 Å². The minimum atomic E-state index is -0.579. The highest BCUT2D eigenvalue weighted by Crippen LogP contribution is 2.50. The van der Waals surface area contributed by atoms with Crippen molar-refractivity contribution in [3.05, 3.63) is 57.9 Å². The van der Waals surface area contributed by atoms with Gasteiger partial charge >= 0.3 is 5.69 Å². The van der Waals surface area contributed by atoms with Gasteiger partial charge in [-0.1, -0.05) is 24.8 Å². The summed E-state index contributed by atoms with van der Waals surface area (Å²) in [6, 6.07) is 8.56. The molecule has 1 fully saturated rings. The highest BCUT2D eigenvalue weighted by molar-refractivity contribution is 8.14. The number of phenols is 1. The summed E-state index contributed by atoms with van der Waals surface area (Å²) in [6.45, 7) is 4.20. The van der Waals surface area contributed by atoms with Gasteiger partial charge in [0.1, 0.15) is 6.04 Å². The van der Waals surface area contributed by atoms with Gasteiger partial charge in [0.2, 0.25) is 5.75 Å². The van der Waals surface area contributed by atoms with Crippen LogP contribution in [-0.2, 0) is 0 Å². The van der Waals surface area contributed by atoms with Crippen LogP contribution >= 0.6 is 11.8 Å². The Morgan fingerprint density at radius 3 is 2.86 bits per heavy atom. The Balaban J connectivity index is 1.86. The molecule has 1 aromatic heterocycles. The van der Waals surface area contributed by atoms with Crippen molar-refractivity contribution >= 4 is 22.6 Å². The van der Waals surface area contributed by atoms with Crippen molar-refractivity contribution in [3.63, 3.8) is 0 Å². The van der Waals surface area contributed by atoms with Crippen molar-refractivity contribution < 1.29 is 14.8 Å². The number of aromatic hydroxyl groups is 1. The SMILES string of the molecule is CCOc1cc([C@@H]2[C@@H](c3ccccn3)N=C3SC[C@H](CC)N32)cc([N+](=O)[O-])c1O. The van der Waals surface area contributed by atoms with Crippen molar-refractivity contribution in [2.75, 3.05) is 12.4 Å². The zero-order chi connectivity index (χ0) is 20.5. The van der Waals surface area contributed by atoms with Crippen LogP contribution in [-0.4, -0.2) is 43.5 Å². The number of pyridine rings is 1. The van der Waals surface area contributed by atoms with E-state index < -0.39 is 10.7 Å². The first-order valence-corrected chi connectivity index (χ1v) is 10.6. The fourth-order valence-corrected chi connectivity index (χ4v) is 5.24. The molecule has 152 valence electrons. The van der Waals surface area contributed by atoms with E-state index in [9.17, 15) is 15.2 Å². The average Bonchev–Trinajstić information content (AvgIpc) is 3.29. The van der Waals surface area contributed by atoms with Crippen LogP contribution in [0.5, 0.6) is 11.5 Å². The average molecular weight is 414 g/mol. The molecule has 2 aromatic rings. The topological polar surface area (TPSA) is 101 Å². The van der Waals surface area contributed by atoms with Crippen LogP contribution < -0.4 is 4.74 Å². The summed E-state index contributed by atoms with van der Waals surface area (Å²) in [4.78, 5) is 22.7. The number of aromatic nitrogens is 1. The number of benzene rings is 1. The molecule has 0 bridgehead atoms. The Morgan fingerprint density at radius 2 is 2.21 bits per heavy atom. The number of amidine groups is 1. The molecule has 1 N–H and O–H groups in total. The first-order valence-electron chi connectivity index (χ1n) is 9.59. The normalized spacial score (nSPS) is 23.0. The Morgan fingerprint density at radius 1 is 1.38 bits per heavy atom. The van der Waals surface area contributed by atoms with Crippen molar-refractivity contribution in [1.82, 2.24) is 9.88 Å². The lowest BCUT2D eigenvalue weighted by Crippen LogP contribution is -2.35. The van der Waals surface area contributed by atoms with Gasteiger partial charge in [0, 0.05) is 24.1 Å². The Bertz CT molecular complexity index is 953. The minimum absolute atomic E-state index is 0.116. The maximum absolute atomic E-state index is 11.6. The van der Waals surface area contributed by atoms with Gasteiger partial charge < -0.3 is 14.7 Å². The van der Waals surface area contributed by atoms with Gasteiger partial charge in [-0.3, -0.25) is 20.1 Å². The van der Waals surface area contributed by atoms with E-state index in [0.29, 0.717) is 12.2 Å². The largest absolute Gasteiger partial charge is 0.500 e. The number of nitro benzene ring substituents is 1. The third-order valence-electron chi connectivity index (χ3n) is 5.24. The second kappa shape index (κ2) is 7.90. The van der Waals surface area contributed by atoms with Crippen LogP contribution in [0.25, 0.3) is 0 Å². The molecular formula is C20H22N4O4S. The van der Waals surface area contributed by atoms with E-state index in [1.165, 1.54) is 6.07 Å². The van der Waals surface area contributed by atoms with Crippen molar-refractivity contribution in [3.8, 4) is 11.5 Å². The van der Waals surface area contributed by atoms with E-state index >= 15 is 0 Å². The summed E-state index contributed by atoms with van der Waals surface area (Å²) in [5.41, 5.74) is 1.14. The quantitative estimate of drug-likeness (QED) is 0.561. The number of thioether (sulfide) groups is 1. The molecule has 8 nitrogen and oxygen atoms in total. The van der Waals surface area contributed by atoms with Crippen molar-refractivity contribution in [2.24, 2.45) is 4.99 Å². The van der Waals surface area contributed by atoms with E-state index in [2.05, 4.69) is 16.8 Å². The highest BCUT2D eigenvalue weighted by Gasteiger charge is 2.46. The van der Waals surface area contributed by atoms with Crippen LogP contribution in [0.2, 0.25) is 0 Å². The Kier molecular flexibility index (Phi) is 5.31. The van der Waals surface area contributed by atoms with Crippen LogP contribution in [0.3, 0.4) is 0 Å². The predicted molar refractivity (Wildman–Crippen MR) is 111 cm³/mol. The van der Waals surface area contributed by atoms with Gasteiger partial charge in [-0.2, -0.15) is 0 Å². The maximum Gasteiger partial charge on any atom is 0.315 e. The van der Waals surface area contributed by atoms with Crippen molar-refractivity contribution in [2.45, 2.75) is 38.4 Å². The Labute approximate surface area is 172 Å². The van der Waals surface area contributed by atoms with Crippen LogP contribution in [0.4, 0.5) is 5.69 Å². The van der Waals surface area contributed by atoms with Gasteiger partial charge in [0.05, 0.1) is 23.3 Å². The molecule has 2 aliphatic rings. The van der Waals surface area contributed by atoms with E-state index in [1.54, 1.807) is 30.9 Å². The molecule has 29 heavy (non-hydrogen) atoms. The Hall–Kier alpha value is -2.81. The molecule has 9 heteroatoms. The smallest absolute Gasteiger partial charge is 0.315 e. The molecule has 3 heterocycles. The zero-order valence-corrected chi connectivity index (χ0v) is 17.0. The molecule has 0 unspecified atom stereocenters. The van der Waals surface area contributed by atoms with Gasteiger partial charge in [0.15, 0.2) is 10.9 Å². The molecule has 2 aliphatic heterocycles. The number of ether oxygens (including phenoxy) is 1. The van der Waals surface area contributed by atoms with Crippen LogP contribution in [0, 0.1) is 10.1 Å². The van der Waals surface area contributed by atoms with Gasteiger partial charge in [-0.05, 0) is 37.1 Å². The zero-order valence-electron chi connectivity index (χ0n) is 16.2. The first-order chi connectivity index (χ1) is 14.0. The third-order valence-corrected chi connectivity index (χ3v) is 6.37. The second-order valence-electron chi connectivity index (χ2n) is 6.91. The molecule has 1 aromatic carbocycles. The fraction of sp³-hybridized carbons (Fsp3) is 0.400. The summed E-state index contributed by atoms with van der Waals surface area (Å²) >= 11 is 1.70. The lowest BCUT2D eigenvalue weighted by atomic mass is 9.94. The second-order valence-corrected chi connectivity index (χ2v) is 7.90. The molecule has 4 rings (SSSR count). The maximum atomic E-state index is 11.6. The van der Waals surface area contributed by atoms with E-state index in [-0.39, 0.29) is 29.6 Å². The van der Waals surface area contributed by atoms with Crippen LogP contribution in [0.1, 0.15) is 43.6 Å². The summed E-state index contributed by atoms with van der Waals surface area (Å²) in [5, 5.41) is 22.8. The molecule has 0 saturated carbocycles. The fourth-order valence-electron chi connectivity index (χ4n) is 3.90. The first kappa shape index (κ1) is 19.5. The third kappa shape index (κ3) is 3.39. The summed E-state index contributed by atoms with van der Waals surface area (Å²) in [7, 11) is 0. The lowest BCUT2D eigenvalue weighted by Gasteiger charge is -2.32. The van der Waals surface area contributed by atoms with E-state index in [4.69, 9.17) is 9.73 Å². The number of hydrogen-bond acceptors (Lipinski definition) is 8.